The van der Waals surface area contributed by atoms with Crippen molar-refractivity contribution in [2.75, 3.05) is 0 Å². The Bertz CT molecular complexity index is 826. The van der Waals surface area contributed by atoms with Crippen LogP contribution in [0.3, 0.4) is 0 Å². The maximum atomic E-state index is 10.1. The lowest BCUT2D eigenvalue weighted by Crippen LogP contribution is -2.32. The lowest BCUT2D eigenvalue weighted by Gasteiger charge is -2.42. The second kappa shape index (κ2) is 8.87. The van der Waals surface area contributed by atoms with Gasteiger partial charge in [0.25, 0.3) is 0 Å². The second-order valence-electron chi connectivity index (χ2n) is 10.3. The van der Waals surface area contributed by atoms with Crippen molar-refractivity contribution in [2.24, 2.45) is 17.3 Å². The Morgan fingerprint density at radius 3 is 2.77 bits per heavy atom. The van der Waals surface area contributed by atoms with Gasteiger partial charge in [0.15, 0.2) is 0 Å². The summed E-state index contributed by atoms with van der Waals surface area (Å²) in [4.78, 5) is 0. The number of aliphatic hydroxyl groups excluding tert-OH is 2. The zero-order chi connectivity index (χ0) is 22.1. The van der Waals surface area contributed by atoms with Crippen LogP contribution in [0.25, 0.3) is 0 Å². The third-order valence-corrected chi connectivity index (χ3v) is 7.21. The van der Waals surface area contributed by atoms with E-state index in [0.29, 0.717) is 24.7 Å². The Labute approximate surface area is 182 Å². The zero-order valence-corrected chi connectivity index (χ0v) is 19.0. The maximum absolute atomic E-state index is 10.1. The van der Waals surface area contributed by atoms with Crippen LogP contribution in [0.5, 0.6) is 0 Å². The molecule has 0 saturated heterocycles. The minimum absolute atomic E-state index is 0.168. The summed E-state index contributed by atoms with van der Waals surface area (Å²) in [7, 11) is 0. The molecule has 0 aromatic carbocycles. The molecule has 0 aliphatic heterocycles. The average Bonchev–Trinajstić information content (AvgIpc) is 3.00. The smallest absolute Gasteiger partial charge is 0.119 e. The average molecular weight is 411 g/mol. The molecule has 0 spiro atoms. The van der Waals surface area contributed by atoms with Gasteiger partial charge in [-0.05, 0) is 74.3 Å². The molecule has 3 nitrogen and oxygen atoms in total. The van der Waals surface area contributed by atoms with Crippen molar-refractivity contribution in [1.29, 1.82) is 0 Å². The summed E-state index contributed by atoms with van der Waals surface area (Å²) in [5.74, 6) is 7.03. The van der Waals surface area contributed by atoms with Crippen molar-refractivity contribution in [3.05, 3.63) is 47.1 Å². The van der Waals surface area contributed by atoms with Gasteiger partial charge in [-0.1, -0.05) is 61.6 Å². The van der Waals surface area contributed by atoms with E-state index in [0.717, 1.165) is 30.4 Å². The van der Waals surface area contributed by atoms with Crippen molar-refractivity contribution < 1.29 is 15.3 Å². The molecule has 3 aliphatic carbocycles. The van der Waals surface area contributed by atoms with Crippen LogP contribution in [0, 0.1) is 29.1 Å². The molecule has 0 aromatic heterocycles. The van der Waals surface area contributed by atoms with Crippen LogP contribution in [0.4, 0.5) is 0 Å². The Balaban J connectivity index is 1.76. The van der Waals surface area contributed by atoms with E-state index in [1.807, 2.05) is 0 Å². The standard InChI is InChI=1S/C27H38O3/c1-18(8-6-14-26(3,4)30)23-12-13-24-20(9-7-15-27(23,24)5)10-11-21-16-22(28)17-25(29)19(21)2/h10-12,18,22,24-25,28-30H,2,7-9,13,15-17H2,1,3-5H3/b20-10+,21-11-/t18-,22-,24?,25+,27?/m1/s1. The van der Waals surface area contributed by atoms with Gasteiger partial charge in [0, 0.05) is 12.8 Å². The second-order valence-corrected chi connectivity index (χ2v) is 10.3. The molecule has 5 atom stereocenters. The highest BCUT2D eigenvalue weighted by molar-refractivity contribution is 5.40. The Kier molecular flexibility index (Phi) is 6.82. The molecule has 2 fully saturated rings. The normalized spacial score (nSPS) is 35.6. The van der Waals surface area contributed by atoms with Crippen molar-refractivity contribution in [3.8, 4) is 11.8 Å². The van der Waals surface area contributed by atoms with Crippen LogP contribution in [-0.4, -0.2) is 33.1 Å². The largest absolute Gasteiger partial charge is 0.393 e. The van der Waals surface area contributed by atoms with Gasteiger partial charge in [-0.25, -0.2) is 0 Å². The summed E-state index contributed by atoms with van der Waals surface area (Å²) in [6.07, 6.45) is 11.9. The molecule has 3 N–H and O–H groups in total. The molecular weight excluding hydrogens is 372 g/mol. The van der Waals surface area contributed by atoms with Gasteiger partial charge < -0.3 is 15.3 Å². The van der Waals surface area contributed by atoms with E-state index in [1.165, 1.54) is 24.0 Å². The highest BCUT2D eigenvalue weighted by Crippen LogP contribution is 2.56. The van der Waals surface area contributed by atoms with Gasteiger partial charge in [0.2, 0.25) is 0 Å². The van der Waals surface area contributed by atoms with E-state index in [2.05, 4.69) is 50.5 Å². The predicted molar refractivity (Wildman–Crippen MR) is 123 cm³/mol. The number of hydrogen-bond donors (Lipinski definition) is 3. The lowest BCUT2D eigenvalue weighted by molar-refractivity contribution is 0.0862. The molecule has 0 heterocycles. The quantitative estimate of drug-likeness (QED) is 0.460. The van der Waals surface area contributed by atoms with E-state index >= 15 is 0 Å². The zero-order valence-electron chi connectivity index (χ0n) is 19.0. The van der Waals surface area contributed by atoms with Crippen LogP contribution in [0.1, 0.15) is 72.6 Å². The molecule has 30 heavy (non-hydrogen) atoms. The molecule has 164 valence electrons. The van der Waals surface area contributed by atoms with E-state index in [-0.39, 0.29) is 5.41 Å². The summed E-state index contributed by atoms with van der Waals surface area (Å²) in [5.41, 5.74) is 3.95. The lowest BCUT2D eigenvalue weighted by atomic mass is 9.62. The molecule has 0 amide bonds. The Morgan fingerprint density at radius 2 is 2.07 bits per heavy atom. The molecule has 0 bridgehead atoms. The van der Waals surface area contributed by atoms with Crippen molar-refractivity contribution >= 4 is 0 Å². The SMILES string of the molecule is C=C1/C(=C\C=C2/CCCC3(C)C([C@H](C)CC#CC(C)(C)O)=CCC23)C[C@@H](O)C[C@@H]1O. The number of allylic oxidation sites excluding steroid dienone is 5. The van der Waals surface area contributed by atoms with Crippen LogP contribution in [0.15, 0.2) is 47.1 Å². The summed E-state index contributed by atoms with van der Waals surface area (Å²) in [6, 6.07) is 0. The van der Waals surface area contributed by atoms with Crippen molar-refractivity contribution in [2.45, 2.75) is 90.4 Å². The number of hydrogen-bond acceptors (Lipinski definition) is 3. The predicted octanol–water partition coefficient (Wildman–Crippen LogP) is 4.85. The highest BCUT2D eigenvalue weighted by Gasteiger charge is 2.45. The first-order valence-electron chi connectivity index (χ1n) is 11.4. The maximum Gasteiger partial charge on any atom is 0.119 e. The van der Waals surface area contributed by atoms with Gasteiger partial charge in [-0.15, -0.1) is 0 Å². The van der Waals surface area contributed by atoms with E-state index in [1.54, 1.807) is 13.8 Å². The Morgan fingerprint density at radius 1 is 1.33 bits per heavy atom. The van der Waals surface area contributed by atoms with Gasteiger partial charge in [0.1, 0.15) is 5.60 Å². The third kappa shape index (κ3) is 4.99. The van der Waals surface area contributed by atoms with E-state index < -0.39 is 17.8 Å². The molecule has 2 saturated carbocycles. The van der Waals surface area contributed by atoms with Crippen LogP contribution in [-0.2, 0) is 0 Å². The van der Waals surface area contributed by atoms with E-state index in [4.69, 9.17) is 0 Å². The fraction of sp³-hybridized carbons (Fsp3) is 0.630. The third-order valence-electron chi connectivity index (χ3n) is 7.21. The number of rotatable bonds is 3. The fourth-order valence-electron chi connectivity index (χ4n) is 5.61. The van der Waals surface area contributed by atoms with Crippen LogP contribution in [0.2, 0.25) is 0 Å². The first-order valence-corrected chi connectivity index (χ1v) is 11.4. The molecule has 0 aromatic rings. The number of fused-ring (bicyclic) bond motifs is 1. The van der Waals surface area contributed by atoms with Gasteiger partial charge in [0.05, 0.1) is 12.2 Å². The summed E-state index contributed by atoms with van der Waals surface area (Å²) in [5, 5.41) is 30.0. The topological polar surface area (TPSA) is 60.7 Å². The van der Waals surface area contributed by atoms with Gasteiger partial charge in [-0.2, -0.15) is 0 Å². The number of aliphatic hydroxyl groups is 3. The highest BCUT2D eigenvalue weighted by atomic mass is 16.3. The van der Waals surface area contributed by atoms with Crippen LogP contribution >= 0.6 is 0 Å². The Hall–Kier alpha value is -1.60. The van der Waals surface area contributed by atoms with E-state index in [9.17, 15) is 15.3 Å². The molecule has 3 aliphatic rings. The van der Waals surface area contributed by atoms with Gasteiger partial charge in [-0.3, -0.25) is 0 Å². The first kappa shape index (κ1) is 23.1. The van der Waals surface area contributed by atoms with Crippen molar-refractivity contribution in [3.63, 3.8) is 0 Å². The van der Waals surface area contributed by atoms with Crippen molar-refractivity contribution in [1.82, 2.24) is 0 Å². The summed E-state index contributed by atoms with van der Waals surface area (Å²) >= 11 is 0. The minimum Gasteiger partial charge on any atom is -0.393 e. The molecule has 0 radical (unpaired) electrons. The monoisotopic (exact) mass is 410 g/mol. The molecule has 3 rings (SSSR count). The molecule has 3 heteroatoms. The first-order chi connectivity index (χ1) is 14.0. The van der Waals surface area contributed by atoms with Gasteiger partial charge >= 0.3 is 0 Å². The molecule has 2 unspecified atom stereocenters. The fourth-order valence-corrected chi connectivity index (χ4v) is 5.61. The van der Waals surface area contributed by atoms with Crippen LogP contribution < -0.4 is 0 Å². The summed E-state index contributed by atoms with van der Waals surface area (Å²) < 4.78 is 0. The molecular formula is C27H38O3. The summed E-state index contributed by atoms with van der Waals surface area (Å²) in [6.45, 7) is 12.1. The minimum atomic E-state index is -0.936.